The summed E-state index contributed by atoms with van der Waals surface area (Å²) in [5.74, 6) is -0.626. The lowest BCUT2D eigenvalue weighted by atomic mass is 9.94. The summed E-state index contributed by atoms with van der Waals surface area (Å²) in [4.78, 5) is 11.9. The van der Waals surface area contributed by atoms with Crippen LogP contribution >= 0.6 is 11.6 Å². The van der Waals surface area contributed by atoms with Crippen LogP contribution < -0.4 is 16.2 Å². The lowest BCUT2D eigenvalue weighted by Gasteiger charge is -2.14. The standard InChI is InChI=1S/C19H16ClN3O3S/c20-14-5-1-11(2-6-14)13-9-16(18(21)17(10-13)19(22)24)12-3-7-15(8-4-12)23-27(25)26/h1-10,23H,21H2,(H2,22,24)(H,25,26). The van der Waals surface area contributed by atoms with Gasteiger partial charge in [0.05, 0.1) is 11.3 Å². The zero-order valence-electron chi connectivity index (χ0n) is 14.0. The second-order valence-corrected chi connectivity index (χ2v) is 6.92. The van der Waals surface area contributed by atoms with Gasteiger partial charge in [0, 0.05) is 16.3 Å². The Morgan fingerprint density at radius 2 is 1.56 bits per heavy atom. The smallest absolute Gasteiger partial charge is 0.259 e. The maximum Gasteiger partial charge on any atom is 0.259 e. The first-order chi connectivity index (χ1) is 12.8. The van der Waals surface area contributed by atoms with Crippen molar-refractivity contribution in [2.45, 2.75) is 0 Å². The van der Waals surface area contributed by atoms with Gasteiger partial charge in [0.25, 0.3) is 17.2 Å². The number of hydrogen-bond acceptors (Lipinski definition) is 3. The average molecular weight is 402 g/mol. The van der Waals surface area contributed by atoms with Gasteiger partial charge in [-0.3, -0.25) is 14.1 Å². The molecule has 8 heteroatoms. The van der Waals surface area contributed by atoms with Crippen LogP contribution in [0, 0.1) is 0 Å². The SMILES string of the molecule is NC(=O)c1cc(-c2ccc(Cl)cc2)cc(-c2ccc(NS(=O)O)cc2)c1N. The van der Waals surface area contributed by atoms with Gasteiger partial charge >= 0.3 is 0 Å². The molecule has 0 bridgehead atoms. The van der Waals surface area contributed by atoms with E-state index in [2.05, 4.69) is 4.72 Å². The molecule has 3 aromatic carbocycles. The van der Waals surface area contributed by atoms with Crippen molar-refractivity contribution in [3.63, 3.8) is 0 Å². The van der Waals surface area contributed by atoms with Crippen LogP contribution in [-0.2, 0) is 11.3 Å². The van der Waals surface area contributed by atoms with Crippen molar-refractivity contribution in [3.05, 3.63) is 71.2 Å². The first-order valence-corrected chi connectivity index (χ1v) is 9.31. The number of nitrogen functional groups attached to an aromatic ring is 1. The van der Waals surface area contributed by atoms with Crippen LogP contribution in [0.25, 0.3) is 22.3 Å². The van der Waals surface area contributed by atoms with Gasteiger partial charge < -0.3 is 11.5 Å². The van der Waals surface area contributed by atoms with E-state index in [1.165, 1.54) is 0 Å². The van der Waals surface area contributed by atoms with Gasteiger partial charge in [-0.05, 0) is 53.1 Å². The Bertz CT molecular complexity index is 1020. The third kappa shape index (κ3) is 4.28. The number of primary amides is 1. The van der Waals surface area contributed by atoms with Gasteiger partial charge in [-0.2, -0.15) is 0 Å². The number of carbonyl (C=O) groups is 1. The highest BCUT2D eigenvalue weighted by molar-refractivity contribution is 7.80. The summed E-state index contributed by atoms with van der Waals surface area (Å²) >= 11 is 3.79. The van der Waals surface area contributed by atoms with E-state index in [9.17, 15) is 9.00 Å². The molecular formula is C19H16ClN3O3S. The van der Waals surface area contributed by atoms with E-state index in [0.717, 1.165) is 16.7 Å². The number of nitrogens with two attached hydrogens (primary N) is 2. The predicted octanol–water partition coefficient (Wildman–Crippen LogP) is 3.90. The minimum absolute atomic E-state index is 0.219. The normalized spacial score (nSPS) is 11.8. The Hall–Kier alpha value is -2.87. The number of carbonyl (C=O) groups excluding carboxylic acids is 1. The number of rotatable bonds is 5. The van der Waals surface area contributed by atoms with Crippen molar-refractivity contribution >= 4 is 40.1 Å². The average Bonchev–Trinajstić information content (AvgIpc) is 2.63. The highest BCUT2D eigenvalue weighted by Gasteiger charge is 2.15. The third-order valence-electron chi connectivity index (χ3n) is 4.02. The molecule has 1 atom stereocenters. The lowest BCUT2D eigenvalue weighted by molar-refractivity contribution is 0.100. The minimum atomic E-state index is -2.16. The molecule has 3 aromatic rings. The molecule has 0 radical (unpaired) electrons. The van der Waals surface area contributed by atoms with Crippen molar-refractivity contribution in [3.8, 4) is 22.3 Å². The van der Waals surface area contributed by atoms with Gasteiger partial charge in [0.15, 0.2) is 0 Å². The Balaban J connectivity index is 2.12. The van der Waals surface area contributed by atoms with E-state index in [1.807, 2.05) is 18.2 Å². The van der Waals surface area contributed by atoms with Gasteiger partial charge in [0.2, 0.25) is 0 Å². The first kappa shape index (κ1) is 18.9. The Morgan fingerprint density at radius 3 is 2.11 bits per heavy atom. The monoisotopic (exact) mass is 401 g/mol. The van der Waals surface area contributed by atoms with E-state index >= 15 is 0 Å². The van der Waals surface area contributed by atoms with Crippen LogP contribution in [0.5, 0.6) is 0 Å². The Kier molecular flexibility index (Phi) is 5.46. The van der Waals surface area contributed by atoms with Crippen LogP contribution in [0.1, 0.15) is 10.4 Å². The van der Waals surface area contributed by atoms with Gasteiger partial charge in [-0.15, -0.1) is 0 Å². The fraction of sp³-hybridized carbons (Fsp3) is 0. The number of nitrogens with one attached hydrogen (secondary N) is 1. The molecule has 0 saturated heterocycles. The molecule has 0 aliphatic rings. The molecule has 6 N–H and O–H groups in total. The van der Waals surface area contributed by atoms with Crippen LogP contribution in [-0.4, -0.2) is 14.7 Å². The van der Waals surface area contributed by atoms with Crippen molar-refractivity contribution in [1.29, 1.82) is 0 Å². The molecule has 138 valence electrons. The maximum atomic E-state index is 11.9. The second kappa shape index (κ2) is 7.79. The molecule has 0 heterocycles. The molecule has 0 aromatic heterocycles. The van der Waals surface area contributed by atoms with Crippen molar-refractivity contribution in [2.24, 2.45) is 5.73 Å². The second-order valence-electron chi connectivity index (χ2n) is 5.78. The highest BCUT2D eigenvalue weighted by atomic mass is 35.5. The van der Waals surface area contributed by atoms with Gasteiger partial charge in [-0.1, -0.05) is 35.9 Å². The third-order valence-corrected chi connectivity index (χ3v) is 4.69. The maximum absolute atomic E-state index is 11.9. The molecule has 0 saturated carbocycles. The lowest BCUT2D eigenvalue weighted by Crippen LogP contribution is -2.14. The van der Waals surface area contributed by atoms with E-state index < -0.39 is 17.2 Å². The molecule has 0 aliphatic heterocycles. The molecule has 6 nitrogen and oxygen atoms in total. The molecule has 27 heavy (non-hydrogen) atoms. The molecule has 0 spiro atoms. The van der Waals surface area contributed by atoms with E-state index in [1.54, 1.807) is 42.5 Å². The number of anilines is 2. The Morgan fingerprint density at radius 1 is 0.963 bits per heavy atom. The number of benzene rings is 3. The topological polar surface area (TPSA) is 118 Å². The largest absolute Gasteiger partial charge is 0.398 e. The van der Waals surface area contributed by atoms with Crippen LogP contribution in [0.15, 0.2) is 60.7 Å². The highest BCUT2D eigenvalue weighted by Crippen LogP contribution is 2.35. The number of halogens is 1. The van der Waals surface area contributed by atoms with E-state index in [-0.39, 0.29) is 11.3 Å². The first-order valence-electron chi connectivity index (χ1n) is 7.82. The summed E-state index contributed by atoms with van der Waals surface area (Å²) in [6.45, 7) is 0. The van der Waals surface area contributed by atoms with Crippen molar-refractivity contribution in [2.75, 3.05) is 10.5 Å². The van der Waals surface area contributed by atoms with E-state index in [4.69, 9.17) is 27.6 Å². The Labute approximate surface area is 163 Å². The molecule has 0 aliphatic carbocycles. The quantitative estimate of drug-likeness (QED) is 0.383. The fourth-order valence-corrected chi connectivity index (χ4v) is 3.19. The summed E-state index contributed by atoms with van der Waals surface area (Å²) in [5, 5.41) is 0.605. The summed E-state index contributed by atoms with van der Waals surface area (Å²) in [6, 6.07) is 17.4. The molecular weight excluding hydrogens is 386 g/mol. The van der Waals surface area contributed by atoms with Crippen molar-refractivity contribution in [1.82, 2.24) is 0 Å². The zero-order valence-corrected chi connectivity index (χ0v) is 15.6. The van der Waals surface area contributed by atoms with Crippen LogP contribution in [0.3, 0.4) is 0 Å². The summed E-state index contributed by atoms with van der Waals surface area (Å²) < 4.78 is 22.1. The molecule has 1 unspecified atom stereocenters. The number of hydrogen-bond donors (Lipinski definition) is 4. The summed E-state index contributed by atoms with van der Waals surface area (Å²) in [6.07, 6.45) is 0. The summed E-state index contributed by atoms with van der Waals surface area (Å²) in [7, 11) is 0. The molecule has 0 fully saturated rings. The molecule has 3 rings (SSSR count). The van der Waals surface area contributed by atoms with E-state index in [0.29, 0.717) is 16.3 Å². The van der Waals surface area contributed by atoms with Crippen LogP contribution in [0.4, 0.5) is 11.4 Å². The zero-order chi connectivity index (χ0) is 19.6. The van der Waals surface area contributed by atoms with Crippen molar-refractivity contribution < 1.29 is 13.6 Å². The number of amides is 1. The summed E-state index contributed by atoms with van der Waals surface area (Å²) in [5.41, 5.74) is 15.6. The molecule has 1 amide bonds. The van der Waals surface area contributed by atoms with Crippen LogP contribution in [0.2, 0.25) is 5.02 Å². The van der Waals surface area contributed by atoms with Gasteiger partial charge in [-0.25, -0.2) is 4.21 Å². The minimum Gasteiger partial charge on any atom is -0.398 e. The fourth-order valence-electron chi connectivity index (χ4n) is 2.72. The predicted molar refractivity (Wildman–Crippen MR) is 110 cm³/mol. The van der Waals surface area contributed by atoms with Gasteiger partial charge in [0.1, 0.15) is 0 Å².